The van der Waals surface area contributed by atoms with Gasteiger partial charge in [-0.15, -0.1) is 0 Å². The minimum atomic E-state index is 0.715. The van der Waals surface area contributed by atoms with Crippen molar-refractivity contribution < 1.29 is 0 Å². The highest BCUT2D eigenvalue weighted by molar-refractivity contribution is 5.24. The van der Waals surface area contributed by atoms with Gasteiger partial charge < -0.3 is 0 Å². The van der Waals surface area contributed by atoms with Crippen molar-refractivity contribution in [3.8, 4) is 0 Å². The van der Waals surface area contributed by atoms with Gasteiger partial charge in [-0.05, 0) is 23.8 Å². The first-order valence-electron chi connectivity index (χ1n) is 4.59. The third kappa shape index (κ3) is 1.29. The Labute approximate surface area is 73.9 Å². The van der Waals surface area contributed by atoms with Gasteiger partial charge in [0, 0.05) is 0 Å². The molecule has 0 saturated carbocycles. The van der Waals surface area contributed by atoms with Crippen molar-refractivity contribution in [1.82, 2.24) is 0 Å². The van der Waals surface area contributed by atoms with Gasteiger partial charge in [0.2, 0.25) is 0 Å². The lowest BCUT2D eigenvalue weighted by Crippen LogP contribution is -2.01. The van der Waals surface area contributed by atoms with Crippen LogP contribution in [-0.4, -0.2) is 0 Å². The van der Waals surface area contributed by atoms with Gasteiger partial charge in [0.05, 0.1) is 0 Å². The standard InChI is InChI=1S/C12H14/c1-10-6-5-9-12(10)11-7-3-2-4-8-11/h2-8,10,12H,9H2,1H3/t10-,12-/m1/s1. The van der Waals surface area contributed by atoms with E-state index in [9.17, 15) is 0 Å². The molecule has 0 spiro atoms. The molecular weight excluding hydrogens is 144 g/mol. The number of hydrogen-bond acceptors (Lipinski definition) is 0. The van der Waals surface area contributed by atoms with E-state index in [4.69, 9.17) is 0 Å². The predicted octanol–water partition coefficient (Wildman–Crippen LogP) is 3.37. The first-order chi connectivity index (χ1) is 5.88. The largest absolute Gasteiger partial charge is 0.0876 e. The zero-order chi connectivity index (χ0) is 8.39. The predicted molar refractivity (Wildman–Crippen MR) is 52.1 cm³/mol. The second-order valence-corrected chi connectivity index (χ2v) is 3.54. The summed E-state index contributed by atoms with van der Waals surface area (Å²) in [5.74, 6) is 1.44. The molecule has 0 radical (unpaired) electrons. The van der Waals surface area contributed by atoms with Crippen LogP contribution in [0.5, 0.6) is 0 Å². The lowest BCUT2D eigenvalue weighted by molar-refractivity contribution is 0.588. The molecule has 0 fully saturated rings. The Morgan fingerprint density at radius 1 is 1.17 bits per heavy atom. The van der Waals surface area contributed by atoms with Crippen LogP contribution in [0, 0.1) is 5.92 Å². The van der Waals surface area contributed by atoms with Gasteiger partial charge >= 0.3 is 0 Å². The van der Waals surface area contributed by atoms with Crippen molar-refractivity contribution in [1.29, 1.82) is 0 Å². The molecule has 0 N–H and O–H groups in total. The maximum absolute atomic E-state index is 2.32. The number of rotatable bonds is 1. The summed E-state index contributed by atoms with van der Waals surface area (Å²) in [5.41, 5.74) is 1.48. The topological polar surface area (TPSA) is 0 Å². The smallest absolute Gasteiger partial charge is 0.00671 e. The van der Waals surface area contributed by atoms with E-state index >= 15 is 0 Å². The summed E-state index contributed by atoms with van der Waals surface area (Å²) in [6, 6.07) is 10.8. The average Bonchev–Trinajstić information content (AvgIpc) is 2.53. The lowest BCUT2D eigenvalue weighted by atomic mass is 9.90. The van der Waals surface area contributed by atoms with Crippen molar-refractivity contribution in [3.05, 3.63) is 48.0 Å². The summed E-state index contributed by atoms with van der Waals surface area (Å²) in [6.45, 7) is 2.29. The molecule has 0 nitrogen and oxygen atoms in total. The van der Waals surface area contributed by atoms with Crippen molar-refractivity contribution in [2.45, 2.75) is 19.3 Å². The Bertz CT molecular complexity index is 271. The summed E-state index contributed by atoms with van der Waals surface area (Å²) in [6.07, 6.45) is 5.82. The van der Waals surface area contributed by atoms with Crippen LogP contribution in [-0.2, 0) is 0 Å². The van der Waals surface area contributed by atoms with Crippen LogP contribution in [0.15, 0.2) is 42.5 Å². The van der Waals surface area contributed by atoms with E-state index in [1.807, 2.05) is 0 Å². The van der Waals surface area contributed by atoms with E-state index in [0.717, 1.165) is 5.92 Å². The molecule has 0 unspecified atom stereocenters. The van der Waals surface area contributed by atoms with E-state index in [0.29, 0.717) is 5.92 Å². The normalized spacial score (nSPS) is 27.8. The highest BCUT2D eigenvalue weighted by Gasteiger charge is 2.19. The van der Waals surface area contributed by atoms with Crippen LogP contribution in [0.25, 0.3) is 0 Å². The zero-order valence-electron chi connectivity index (χ0n) is 7.40. The van der Waals surface area contributed by atoms with Crippen LogP contribution in [0.3, 0.4) is 0 Å². The van der Waals surface area contributed by atoms with Crippen molar-refractivity contribution >= 4 is 0 Å². The van der Waals surface area contributed by atoms with E-state index in [2.05, 4.69) is 49.4 Å². The second-order valence-electron chi connectivity index (χ2n) is 3.54. The minimum Gasteiger partial charge on any atom is -0.0876 e. The van der Waals surface area contributed by atoms with Gasteiger partial charge in [-0.2, -0.15) is 0 Å². The molecule has 12 heavy (non-hydrogen) atoms. The molecule has 2 atom stereocenters. The average molecular weight is 158 g/mol. The second kappa shape index (κ2) is 3.14. The van der Waals surface area contributed by atoms with Gasteiger partial charge in [0.25, 0.3) is 0 Å². The Kier molecular flexibility index (Phi) is 1.99. The quantitative estimate of drug-likeness (QED) is 0.550. The maximum Gasteiger partial charge on any atom is -0.00671 e. The summed E-state index contributed by atoms with van der Waals surface area (Å²) >= 11 is 0. The lowest BCUT2D eigenvalue weighted by Gasteiger charge is -2.14. The third-order valence-corrected chi connectivity index (χ3v) is 2.69. The number of allylic oxidation sites excluding steroid dienone is 2. The van der Waals surface area contributed by atoms with E-state index in [-0.39, 0.29) is 0 Å². The first-order valence-corrected chi connectivity index (χ1v) is 4.59. The van der Waals surface area contributed by atoms with Crippen LogP contribution in [0.1, 0.15) is 24.8 Å². The van der Waals surface area contributed by atoms with Crippen molar-refractivity contribution in [2.75, 3.05) is 0 Å². The highest BCUT2D eigenvalue weighted by atomic mass is 14.2. The van der Waals surface area contributed by atoms with Gasteiger partial charge in [-0.1, -0.05) is 49.4 Å². The fraction of sp³-hybridized carbons (Fsp3) is 0.333. The Morgan fingerprint density at radius 2 is 1.92 bits per heavy atom. The summed E-state index contributed by atoms with van der Waals surface area (Å²) in [7, 11) is 0. The van der Waals surface area contributed by atoms with Crippen LogP contribution < -0.4 is 0 Å². The van der Waals surface area contributed by atoms with Crippen molar-refractivity contribution in [2.24, 2.45) is 5.92 Å². The molecule has 2 rings (SSSR count). The number of hydrogen-bond donors (Lipinski definition) is 0. The maximum atomic E-state index is 2.32. The summed E-state index contributed by atoms with van der Waals surface area (Å²) in [4.78, 5) is 0. The highest BCUT2D eigenvalue weighted by Crippen LogP contribution is 2.33. The molecule has 0 amide bonds. The molecule has 1 aliphatic carbocycles. The molecule has 1 aliphatic rings. The Balaban J connectivity index is 2.22. The van der Waals surface area contributed by atoms with Gasteiger partial charge in [0.15, 0.2) is 0 Å². The van der Waals surface area contributed by atoms with Crippen molar-refractivity contribution in [3.63, 3.8) is 0 Å². The fourth-order valence-electron chi connectivity index (χ4n) is 1.93. The molecule has 0 heterocycles. The zero-order valence-corrected chi connectivity index (χ0v) is 7.40. The molecule has 0 saturated heterocycles. The Morgan fingerprint density at radius 3 is 2.50 bits per heavy atom. The first kappa shape index (κ1) is 7.60. The van der Waals surface area contributed by atoms with Crippen LogP contribution in [0.4, 0.5) is 0 Å². The van der Waals surface area contributed by atoms with Crippen LogP contribution in [0.2, 0.25) is 0 Å². The minimum absolute atomic E-state index is 0.715. The van der Waals surface area contributed by atoms with Gasteiger partial charge in [-0.3, -0.25) is 0 Å². The van der Waals surface area contributed by atoms with Gasteiger partial charge in [0.1, 0.15) is 0 Å². The fourth-order valence-corrected chi connectivity index (χ4v) is 1.93. The molecule has 1 aromatic rings. The summed E-state index contributed by atoms with van der Waals surface area (Å²) in [5, 5.41) is 0. The Hall–Kier alpha value is -1.04. The molecule has 0 aliphatic heterocycles. The molecule has 0 aromatic heterocycles. The third-order valence-electron chi connectivity index (χ3n) is 2.69. The molecule has 1 aromatic carbocycles. The van der Waals surface area contributed by atoms with E-state index in [1.165, 1.54) is 12.0 Å². The molecular formula is C12H14. The number of benzene rings is 1. The summed E-state index contributed by atoms with van der Waals surface area (Å²) < 4.78 is 0. The SMILES string of the molecule is C[C@@H]1C=CC[C@H]1c1ccccc1. The molecule has 0 bridgehead atoms. The monoisotopic (exact) mass is 158 g/mol. The van der Waals surface area contributed by atoms with E-state index < -0.39 is 0 Å². The molecule has 0 heteroatoms. The van der Waals surface area contributed by atoms with Gasteiger partial charge in [-0.25, -0.2) is 0 Å². The van der Waals surface area contributed by atoms with E-state index in [1.54, 1.807) is 0 Å². The molecule has 62 valence electrons. The van der Waals surface area contributed by atoms with Crippen LogP contribution >= 0.6 is 0 Å².